The van der Waals surface area contributed by atoms with Crippen LogP contribution >= 0.6 is 0 Å². The zero-order chi connectivity index (χ0) is 22.1. The molecular weight excluding hydrogens is 397 g/mol. The molecule has 3 rings (SSSR count). The van der Waals surface area contributed by atoms with Crippen molar-refractivity contribution in [3.63, 3.8) is 0 Å². The van der Waals surface area contributed by atoms with Gasteiger partial charge in [-0.3, -0.25) is 14.8 Å². The van der Waals surface area contributed by atoms with Gasteiger partial charge in [0.05, 0.1) is 39.0 Å². The lowest BCUT2D eigenvalue weighted by Gasteiger charge is -2.40. The molecule has 8 heteroatoms. The fourth-order valence-electron chi connectivity index (χ4n) is 4.11. The van der Waals surface area contributed by atoms with Crippen molar-refractivity contribution in [3.05, 3.63) is 35.6 Å². The quantitative estimate of drug-likeness (QED) is 0.480. The third-order valence-corrected chi connectivity index (χ3v) is 6.04. The maximum atomic E-state index is 13.5. The minimum atomic E-state index is -0.210. The van der Waals surface area contributed by atoms with Gasteiger partial charge < -0.3 is 20.1 Å². The van der Waals surface area contributed by atoms with Crippen molar-refractivity contribution in [1.29, 1.82) is 0 Å². The van der Waals surface area contributed by atoms with Crippen LogP contribution in [0.25, 0.3) is 0 Å². The first-order valence-corrected chi connectivity index (χ1v) is 11.4. The summed E-state index contributed by atoms with van der Waals surface area (Å²) in [6.07, 6.45) is 0. The van der Waals surface area contributed by atoms with Crippen LogP contribution < -0.4 is 10.6 Å². The van der Waals surface area contributed by atoms with E-state index in [1.54, 1.807) is 0 Å². The highest BCUT2D eigenvalue weighted by molar-refractivity contribution is 5.79. The largest absolute Gasteiger partial charge is 0.379 e. The Morgan fingerprint density at radius 3 is 2.26 bits per heavy atom. The number of aliphatic imine (C=N–C) groups is 1. The molecule has 0 aliphatic carbocycles. The van der Waals surface area contributed by atoms with Crippen LogP contribution in [0.5, 0.6) is 0 Å². The van der Waals surface area contributed by atoms with Crippen molar-refractivity contribution >= 4 is 5.96 Å². The van der Waals surface area contributed by atoms with Gasteiger partial charge in [-0.25, -0.2) is 4.39 Å². The molecule has 7 nitrogen and oxygen atoms in total. The molecule has 0 saturated carbocycles. The third kappa shape index (κ3) is 7.14. The van der Waals surface area contributed by atoms with Crippen molar-refractivity contribution in [1.82, 2.24) is 20.4 Å². The van der Waals surface area contributed by atoms with Crippen LogP contribution in [-0.2, 0) is 9.47 Å². The molecule has 1 aromatic rings. The van der Waals surface area contributed by atoms with Gasteiger partial charge in [0.25, 0.3) is 0 Å². The number of benzene rings is 1. The van der Waals surface area contributed by atoms with Gasteiger partial charge in [0.2, 0.25) is 0 Å². The number of hydrogen-bond donors (Lipinski definition) is 2. The van der Waals surface area contributed by atoms with E-state index >= 15 is 0 Å². The standard InChI is InChI=1S/C23H38FN5O2/c1-4-25-22(27-18-23(2,3)29-11-15-31-16-12-29)26-17-21(28-9-13-30-14-10-28)19-5-7-20(24)8-6-19/h5-8,21H,4,9-18H2,1-3H3,(H2,25,26,27). The minimum Gasteiger partial charge on any atom is -0.379 e. The van der Waals surface area contributed by atoms with Crippen molar-refractivity contribution < 1.29 is 13.9 Å². The van der Waals surface area contributed by atoms with E-state index in [4.69, 9.17) is 14.5 Å². The molecule has 2 saturated heterocycles. The first-order valence-electron chi connectivity index (χ1n) is 11.4. The van der Waals surface area contributed by atoms with Crippen LogP contribution in [0.2, 0.25) is 0 Å². The highest BCUT2D eigenvalue weighted by atomic mass is 19.1. The average Bonchev–Trinajstić information content (AvgIpc) is 2.80. The fourth-order valence-corrected chi connectivity index (χ4v) is 4.11. The van der Waals surface area contributed by atoms with E-state index in [1.807, 2.05) is 12.1 Å². The summed E-state index contributed by atoms with van der Waals surface area (Å²) in [6, 6.07) is 6.95. The Morgan fingerprint density at radius 2 is 1.65 bits per heavy atom. The Morgan fingerprint density at radius 1 is 1.03 bits per heavy atom. The Labute approximate surface area is 186 Å². The van der Waals surface area contributed by atoms with Crippen LogP contribution in [0, 0.1) is 5.82 Å². The number of morpholine rings is 2. The topological polar surface area (TPSA) is 61.4 Å². The van der Waals surface area contributed by atoms with Crippen molar-refractivity contribution in [2.24, 2.45) is 4.99 Å². The fraction of sp³-hybridized carbons (Fsp3) is 0.696. The number of nitrogens with one attached hydrogen (secondary N) is 2. The number of hydrogen-bond acceptors (Lipinski definition) is 5. The highest BCUT2D eigenvalue weighted by Gasteiger charge is 2.28. The molecule has 0 spiro atoms. The summed E-state index contributed by atoms with van der Waals surface area (Å²) in [5.41, 5.74) is 1.06. The molecule has 31 heavy (non-hydrogen) atoms. The second-order valence-electron chi connectivity index (χ2n) is 8.70. The van der Waals surface area contributed by atoms with Gasteiger partial charge in [-0.15, -0.1) is 0 Å². The maximum Gasteiger partial charge on any atom is 0.191 e. The molecule has 1 aromatic carbocycles. The molecule has 2 N–H and O–H groups in total. The summed E-state index contributed by atoms with van der Waals surface area (Å²) in [5.74, 6) is 0.599. The number of ether oxygens (including phenoxy) is 2. The Kier molecular flexibility index (Phi) is 9.07. The summed E-state index contributed by atoms with van der Waals surface area (Å²) in [4.78, 5) is 9.73. The second kappa shape index (κ2) is 11.8. The van der Waals surface area contributed by atoms with Crippen molar-refractivity contribution in [2.45, 2.75) is 32.4 Å². The normalized spacial score (nSPS) is 20.5. The first-order chi connectivity index (χ1) is 15.0. The number of halogens is 1. The smallest absolute Gasteiger partial charge is 0.191 e. The molecule has 2 fully saturated rings. The molecule has 0 aromatic heterocycles. The Bertz CT molecular complexity index is 686. The summed E-state index contributed by atoms with van der Waals surface area (Å²) < 4.78 is 24.5. The second-order valence-corrected chi connectivity index (χ2v) is 8.70. The van der Waals surface area contributed by atoms with E-state index in [1.165, 1.54) is 12.1 Å². The van der Waals surface area contributed by atoms with Crippen LogP contribution in [-0.4, -0.2) is 93.5 Å². The predicted octanol–water partition coefficient (Wildman–Crippen LogP) is 1.86. The molecule has 2 aliphatic rings. The summed E-state index contributed by atoms with van der Waals surface area (Å²) >= 11 is 0. The van der Waals surface area contributed by atoms with Gasteiger partial charge in [-0.05, 0) is 38.5 Å². The molecule has 0 bridgehead atoms. The summed E-state index contributed by atoms with van der Waals surface area (Å²) in [5, 5.41) is 6.90. The molecule has 2 heterocycles. The highest BCUT2D eigenvalue weighted by Crippen LogP contribution is 2.22. The molecular formula is C23H38FN5O2. The Balaban J connectivity index is 1.67. The van der Waals surface area contributed by atoms with E-state index in [2.05, 4.69) is 41.2 Å². The number of guanidine groups is 1. The van der Waals surface area contributed by atoms with Gasteiger partial charge in [0.15, 0.2) is 5.96 Å². The third-order valence-electron chi connectivity index (χ3n) is 6.04. The van der Waals surface area contributed by atoms with E-state index < -0.39 is 0 Å². The molecule has 174 valence electrons. The molecule has 1 atom stereocenters. The summed E-state index contributed by atoms with van der Waals surface area (Å²) in [6.45, 7) is 15.3. The summed E-state index contributed by atoms with van der Waals surface area (Å²) in [7, 11) is 0. The average molecular weight is 436 g/mol. The van der Waals surface area contributed by atoms with Gasteiger partial charge in [0, 0.05) is 44.8 Å². The van der Waals surface area contributed by atoms with Gasteiger partial charge in [-0.1, -0.05) is 12.1 Å². The van der Waals surface area contributed by atoms with E-state index in [0.29, 0.717) is 13.1 Å². The molecule has 0 amide bonds. The van der Waals surface area contributed by atoms with Crippen molar-refractivity contribution in [2.75, 3.05) is 72.2 Å². The maximum absolute atomic E-state index is 13.5. The van der Waals surface area contributed by atoms with E-state index in [9.17, 15) is 4.39 Å². The predicted molar refractivity (Wildman–Crippen MR) is 122 cm³/mol. The van der Waals surface area contributed by atoms with Crippen LogP contribution in [0.1, 0.15) is 32.4 Å². The lowest BCUT2D eigenvalue weighted by atomic mass is 10.0. The molecule has 0 radical (unpaired) electrons. The molecule has 2 aliphatic heterocycles. The number of rotatable bonds is 8. The van der Waals surface area contributed by atoms with Gasteiger partial charge >= 0.3 is 0 Å². The SMILES string of the molecule is CCNC(=NCC(C)(C)N1CCOCC1)NCC(c1ccc(F)cc1)N1CCOCC1. The van der Waals surface area contributed by atoms with Crippen LogP contribution in [0.4, 0.5) is 4.39 Å². The minimum absolute atomic E-state index is 0.0350. The van der Waals surface area contributed by atoms with Crippen LogP contribution in [0.15, 0.2) is 29.3 Å². The Hall–Kier alpha value is -1.74. The van der Waals surface area contributed by atoms with E-state index in [0.717, 1.165) is 70.7 Å². The first kappa shape index (κ1) is 23.9. The zero-order valence-corrected chi connectivity index (χ0v) is 19.2. The van der Waals surface area contributed by atoms with E-state index in [-0.39, 0.29) is 17.4 Å². The van der Waals surface area contributed by atoms with Crippen molar-refractivity contribution in [3.8, 4) is 0 Å². The van der Waals surface area contributed by atoms with Crippen LogP contribution in [0.3, 0.4) is 0 Å². The van der Waals surface area contributed by atoms with Gasteiger partial charge in [0.1, 0.15) is 5.82 Å². The lowest BCUT2D eigenvalue weighted by Crippen LogP contribution is -2.52. The van der Waals surface area contributed by atoms with Gasteiger partial charge in [-0.2, -0.15) is 0 Å². The monoisotopic (exact) mass is 435 g/mol. The molecule has 1 unspecified atom stereocenters. The number of nitrogens with zero attached hydrogens (tertiary/aromatic N) is 3. The zero-order valence-electron chi connectivity index (χ0n) is 19.2. The lowest BCUT2D eigenvalue weighted by molar-refractivity contribution is -0.00684.